The summed E-state index contributed by atoms with van der Waals surface area (Å²) in [6, 6.07) is 7.60. The van der Waals surface area contributed by atoms with E-state index in [1.807, 2.05) is 24.3 Å². The number of aliphatic hydroxyl groups excluding tert-OH is 1. The third-order valence-electron chi connectivity index (χ3n) is 4.22. The minimum absolute atomic E-state index is 0.165. The number of hydrogen-bond acceptors (Lipinski definition) is 5. The lowest BCUT2D eigenvalue weighted by Crippen LogP contribution is -2.32. The predicted molar refractivity (Wildman–Crippen MR) is 89.8 cm³/mol. The second-order valence-corrected chi connectivity index (χ2v) is 6.59. The van der Waals surface area contributed by atoms with Gasteiger partial charge in [-0.25, -0.2) is 4.98 Å². The lowest BCUT2D eigenvalue weighted by Gasteiger charge is -2.14. The molecule has 23 heavy (non-hydrogen) atoms. The average molecular weight is 332 g/mol. The number of carbonyl (C=O) groups excluding carboxylic acids is 1. The molecule has 122 valence electrons. The van der Waals surface area contributed by atoms with Crippen LogP contribution < -0.4 is 10.1 Å². The van der Waals surface area contributed by atoms with E-state index in [0.717, 1.165) is 35.6 Å². The first-order valence-electron chi connectivity index (χ1n) is 7.73. The van der Waals surface area contributed by atoms with Gasteiger partial charge in [0.15, 0.2) is 0 Å². The normalized spacial score (nSPS) is 20.4. The van der Waals surface area contributed by atoms with Crippen molar-refractivity contribution in [3.8, 4) is 16.3 Å². The number of aromatic nitrogens is 1. The highest BCUT2D eigenvalue weighted by Crippen LogP contribution is 2.26. The second kappa shape index (κ2) is 7.10. The van der Waals surface area contributed by atoms with Crippen LogP contribution in [0.2, 0.25) is 0 Å². The van der Waals surface area contributed by atoms with Gasteiger partial charge < -0.3 is 15.2 Å². The van der Waals surface area contributed by atoms with E-state index in [9.17, 15) is 9.90 Å². The van der Waals surface area contributed by atoms with Crippen LogP contribution in [0.1, 0.15) is 29.8 Å². The van der Waals surface area contributed by atoms with Crippen molar-refractivity contribution in [1.29, 1.82) is 0 Å². The Balaban J connectivity index is 1.62. The molecule has 2 aromatic rings. The number of methoxy groups -OCH3 is 1. The van der Waals surface area contributed by atoms with Crippen LogP contribution in [0.4, 0.5) is 0 Å². The van der Waals surface area contributed by atoms with Crippen molar-refractivity contribution >= 4 is 17.2 Å². The molecule has 0 saturated heterocycles. The van der Waals surface area contributed by atoms with E-state index >= 15 is 0 Å². The Morgan fingerprint density at radius 2 is 2.17 bits per heavy atom. The Kier molecular flexibility index (Phi) is 4.93. The molecular formula is C17H20N2O3S. The van der Waals surface area contributed by atoms with E-state index in [0.29, 0.717) is 12.2 Å². The molecule has 1 saturated carbocycles. The Morgan fingerprint density at radius 3 is 2.83 bits per heavy atom. The van der Waals surface area contributed by atoms with E-state index in [1.165, 1.54) is 11.3 Å². The smallest absolute Gasteiger partial charge is 0.270 e. The molecule has 3 rings (SSSR count). The van der Waals surface area contributed by atoms with Crippen molar-refractivity contribution in [3.63, 3.8) is 0 Å². The standard InChI is InChI=1S/C17H20N2O3S/c1-22-13-7-5-11(6-8-13)17-19-14(10-23-17)16(21)18-9-12-3-2-4-15(12)20/h5-8,10,12,15,20H,2-4,9H2,1H3,(H,18,21). The molecule has 1 heterocycles. The number of thiazole rings is 1. The molecule has 5 nitrogen and oxygen atoms in total. The molecule has 0 spiro atoms. The minimum atomic E-state index is -0.291. The molecule has 1 aliphatic rings. The maximum absolute atomic E-state index is 12.2. The first-order valence-corrected chi connectivity index (χ1v) is 8.61. The number of nitrogens with zero attached hydrogens (tertiary/aromatic N) is 1. The van der Waals surface area contributed by atoms with E-state index in [-0.39, 0.29) is 17.9 Å². The molecule has 0 radical (unpaired) electrons. The highest BCUT2D eigenvalue weighted by molar-refractivity contribution is 7.13. The zero-order valence-corrected chi connectivity index (χ0v) is 13.8. The lowest BCUT2D eigenvalue weighted by atomic mass is 10.1. The van der Waals surface area contributed by atoms with E-state index in [4.69, 9.17) is 4.74 Å². The maximum Gasteiger partial charge on any atom is 0.270 e. The van der Waals surface area contributed by atoms with E-state index < -0.39 is 0 Å². The first kappa shape index (κ1) is 16.0. The van der Waals surface area contributed by atoms with Gasteiger partial charge in [-0.15, -0.1) is 11.3 Å². The highest BCUT2D eigenvalue weighted by Gasteiger charge is 2.25. The van der Waals surface area contributed by atoms with Gasteiger partial charge in [-0.2, -0.15) is 0 Å². The van der Waals surface area contributed by atoms with Crippen molar-refractivity contribution in [2.24, 2.45) is 5.92 Å². The number of benzene rings is 1. The molecular weight excluding hydrogens is 312 g/mol. The molecule has 1 aromatic heterocycles. The minimum Gasteiger partial charge on any atom is -0.497 e. The summed E-state index contributed by atoms with van der Waals surface area (Å²) >= 11 is 1.44. The number of rotatable bonds is 5. The van der Waals surface area contributed by atoms with Crippen LogP contribution in [-0.4, -0.2) is 35.8 Å². The van der Waals surface area contributed by atoms with Crippen molar-refractivity contribution < 1.29 is 14.6 Å². The summed E-state index contributed by atoms with van der Waals surface area (Å²) in [4.78, 5) is 16.6. The summed E-state index contributed by atoms with van der Waals surface area (Å²) in [5, 5.41) is 15.2. The van der Waals surface area contributed by atoms with Gasteiger partial charge in [0.05, 0.1) is 13.2 Å². The summed E-state index contributed by atoms with van der Waals surface area (Å²) in [5.41, 5.74) is 1.38. The van der Waals surface area contributed by atoms with Gasteiger partial charge in [-0.1, -0.05) is 6.42 Å². The molecule has 6 heteroatoms. The summed E-state index contributed by atoms with van der Waals surface area (Å²) in [6.07, 6.45) is 2.54. The molecule has 1 fully saturated rings. The van der Waals surface area contributed by atoms with Gasteiger partial charge in [0.25, 0.3) is 5.91 Å². The maximum atomic E-state index is 12.2. The molecule has 0 aliphatic heterocycles. The fourth-order valence-electron chi connectivity index (χ4n) is 2.81. The largest absolute Gasteiger partial charge is 0.497 e. The number of carbonyl (C=O) groups is 1. The Hall–Kier alpha value is -1.92. The SMILES string of the molecule is COc1ccc(-c2nc(C(=O)NCC3CCCC3O)cs2)cc1. The number of amides is 1. The van der Waals surface area contributed by atoms with Crippen LogP contribution in [-0.2, 0) is 0 Å². The van der Waals surface area contributed by atoms with Crippen LogP contribution in [0.5, 0.6) is 5.75 Å². The summed E-state index contributed by atoms with van der Waals surface area (Å²) < 4.78 is 5.14. The summed E-state index contributed by atoms with van der Waals surface area (Å²) in [5.74, 6) is 0.775. The number of nitrogens with one attached hydrogen (secondary N) is 1. The highest BCUT2D eigenvalue weighted by atomic mass is 32.1. The lowest BCUT2D eigenvalue weighted by molar-refractivity contribution is 0.0912. The topological polar surface area (TPSA) is 71.5 Å². The molecule has 2 N–H and O–H groups in total. The van der Waals surface area contributed by atoms with Gasteiger partial charge in [-0.05, 0) is 37.1 Å². The van der Waals surface area contributed by atoms with Gasteiger partial charge in [0.2, 0.25) is 0 Å². The Bertz CT molecular complexity index is 669. The zero-order chi connectivity index (χ0) is 16.2. The number of ether oxygens (including phenoxy) is 1. The first-order chi connectivity index (χ1) is 11.2. The Morgan fingerprint density at radius 1 is 1.39 bits per heavy atom. The molecule has 0 bridgehead atoms. The van der Waals surface area contributed by atoms with E-state index in [1.54, 1.807) is 12.5 Å². The fourth-order valence-corrected chi connectivity index (χ4v) is 3.62. The molecule has 2 unspecified atom stereocenters. The number of hydrogen-bond donors (Lipinski definition) is 2. The van der Waals surface area contributed by atoms with Gasteiger partial charge >= 0.3 is 0 Å². The third-order valence-corrected chi connectivity index (χ3v) is 5.11. The average Bonchev–Trinajstić information content (AvgIpc) is 3.22. The molecule has 2 atom stereocenters. The van der Waals surface area contributed by atoms with Gasteiger partial charge in [0.1, 0.15) is 16.5 Å². The predicted octanol–water partition coefficient (Wildman–Crippen LogP) is 2.71. The van der Waals surface area contributed by atoms with Crippen molar-refractivity contribution in [1.82, 2.24) is 10.3 Å². The quantitative estimate of drug-likeness (QED) is 0.883. The number of aliphatic hydroxyl groups is 1. The molecule has 1 aliphatic carbocycles. The molecule has 1 amide bonds. The van der Waals surface area contributed by atoms with Crippen LogP contribution >= 0.6 is 11.3 Å². The van der Waals surface area contributed by atoms with Crippen LogP contribution in [0.15, 0.2) is 29.6 Å². The van der Waals surface area contributed by atoms with Crippen molar-refractivity contribution in [2.75, 3.05) is 13.7 Å². The van der Waals surface area contributed by atoms with Crippen molar-refractivity contribution in [2.45, 2.75) is 25.4 Å². The second-order valence-electron chi connectivity index (χ2n) is 5.73. The third kappa shape index (κ3) is 3.71. The molecule has 1 aromatic carbocycles. The fraction of sp³-hybridized carbons (Fsp3) is 0.412. The monoisotopic (exact) mass is 332 g/mol. The van der Waals surface area contributed by atoms with Gasteiger partial charge in [0, 0.05) is 23.4 Å². The zero-order valence-electron chi connectivity index (χ0n) is 13.0. The van der Waals surface area contributed by atoms with Crippen molar-refractivity contribution in [3.05, 3.63) is 35.3 Å². The van der Waals surface area contributed by atoms with Gasteiger partial charge in [-0.3, -0.25) is 4.79 Å². The van der Waals surface area contributed by atoms with E-state index in [2.05, 4.69) is 10.3 Å². The van der Waals surface area contributed by atoms with Crippen LogP contribution in [0, 0.1) is 5.92 Å². The summed E-state index contributed by atoms with van der Waals surface area (Å²) in [7, 11) is 1.63. The Labute approximate surface area is 139 Å². The van der Waals surface area contributed by atoms with Crippen LogP contribution in [0.25, 0.3) is 10.6 Å². The summed E-state index contributed by atoms with van der Waals surface area (Å²) in [6.45, 7) is 0.509. The van der Waals surface area contributed by atoms with Crippen LogP contribution in [0.3, 0.4) is 0 Å².